The van der Waals surface area contributed by atoms with Gasteiger partial charge in [0, 0.05) is 0 Å². The lowest BCUT2D eigenvalue weighted by atomic mass is 10.1. The number of benzene rings is 2. The van der Waals surface area contributed by atoms with Gasteiger partial charge in [0.1, 0.15) is 24.2 Å². The van der Waals surface area contributed by atoms with Gasteiger partial charge in [-0.05, 0) is 43.7 Å². The van der Waals surface area contributed by atoms with Crippen LogP contribution in [-0.4, -0.2) is 17.8 Å². The van der Waals surface area contributed by atoms with Crippen molar-refractivity contribution >= 4 is 0 Å². The van der Waals surface area contributed by atoms with E-state index in [0.29, 0.717) is 0 Å². The monoisotopic (exact) mass is 272 g/mol. The third-order valence-corrected chi connectivity index (χ3v) is 2.79. The van der Waals surface area contributed by atoms with Crippen molar-refractivity contribution in [3.63, 3.8) is 0 Å². The van der Waals surface area contributed by atoms with Crippen LogP contribution in [0.2, 0.25) is 0 Å². The van der Waals surface area contributed by atoms with Crippen molar-refractivity contribution in [3.8, 4) is 11.5 Å². The van der Waals surface area contributed by atoms with Crippen molar-refractivity contribution in [2.75, 3.05) is 6.61 Å². The average Bonchev–Trinajstić information content (AvgIpc) is 2.46. The molecule has 1 unspecified atom stereocenters. The van der Waals surface area contributed by atoms with E-state index in [2.05, 4.69) is 0 Å². The zero-order chi connectivity index (χ0) is 14.4. The highest BCUT2D eigenvalue weighted by molar-refractivity contribution is 5.29. The Morgan fingerprint density at radius 3 is 2.15 bits per heavy atom. The van der Waals surface area contributed by atoms with E-state index in [-0.39, 0.29) is 12.7 Å². The predicted octanol–water partition coefficient (Wildman–Crippen LogP) is 3.59. The number of aliphatic hydroxyl groups is 1. The Balaban J connectivity index is 1.90. The van der Waals surface area contributed by atoms with Crippen molar-refractivity contribution in [3.05, 3.63) is 60.2 Å². The van der Waals surface area contributed by atoms with E-state index in [4.69, 9.17) is 9.47 Å². The molecule has 2 aromatic carbocycles. The molecular weight excluding hydrogens is 252 g/mol. The fourth-order valence-corrected chi connectivity index (χ4v) is 1.83. The molecule has 0 radical (unpaired) electrons. The first-order valence-electron chi connectivity index (χ1n) is 6.77. The van der Waals surface area contributed by atoms with Gasteiger partial charge in [-0.1, -0.05) is 30.3 Å². The van der Waals surface area contributed by atoms with Gasteiger partial charge in [-0.2, -0.15) is 0 Å². The summed E-state index contributed by atoms with van der Waals surface area (Å²) in [5.74, 6) is 1.56. The lowest BCUT2D eigenvalue weighted by molar-refractivity contribution is 0.108. The summed E-state index contributed by atoms with van der Waals surface area (Å²) in [6.45, 7) is 4.20. The normalized spacial score (nSPS) is 12.2. The van der Waals surface area contributed by atoms with E-state index in [1.165, 1.54) is 0 Å². The Morgan fingerprint density at radius 1 is 0.900 bits per heavy atom. The highest BCUT2D eigenvalue weighted by atomic mass is 16.5. The standard InChI is InChI=1S/C17H20O3/c1-13(2)20-16-10-8-14(9-11-16)17(18)12-19-15-6-4-3-5-7-15/h3-11,13,17-18H,12H2,1-2H3. The van der Waals surface area contributed by atoms with Crippen LogP contribution in [0.15, 0.2) is 54.6 Å². The first-order chi connectivity index (χ1) is 9.65. The van der Waals surface area contributed by atoms with Gasteiger partial charge in [-0.25, -0.2) is 0 Å². The van der Waals surface area contributed by atoms with Crippen LogP contribution in [-0.2, 0) is 0 Å². The molecule has 0 aliphatic rings. The van der Waals surface area contributed by atoms with Crippen LogP contribution < -0.4 is 9.47 Å². The zero-order valence-electron chi connectivity index (χ0n) is 11.8. The van der Waals surface area contributed by atoms with Crippen molar-refractivity contribution in [1.82, 2.24) is 0 Å². The number of hydrogen-bond donors (Lipinski definition) is 1. The molecule has 0 aromatic heterocycles. The second-order valence-corrected chi connectivity index (χ2v) is 4.88. The lowest BCUT2D eigenvalue weighted by Gasteiger charge is -2.14. The lowest BCUT2D eigenvalue weighted by Crippen LogP contribution is -2.10. The molecule has 0 aliphatic heterocycles. The number of ether oxygens (including phenoxy) is 2. The van der Waals surface area contributed by atoms with Gasteiger partial charge < -0.3 is 14.6 Å². The molecule has 1 atom stereocenters. The molecule has 3 heteroatoms. The van der Waals surface area contributed by atoms with E-state index in [1.807, 2.05) is 68.4 Å². The van der Waals surface area contributed by atoms with Crippen molar-refractivity contribution in [2.24, 2.45) is 0 Å². The zero-order valence-corrected chi connectivity index (χ0v) is 11.8. The molecule has 0 bridgehead atoms. The van der Waals surface area contributed by atoms with E-state index >= 15 is 0 Å². The summed E-state index contributed by atoms with van der Waals surface area (Å²) in [6.07, 6.45) is -0.504. The number of para-hydroxylation sites is 1. The quantitative estimate of drug-likeness (QED) is 0.873. The Hall–Kier alpha value is -2.00. The molecule has 106 valence electrons. The molecule has 0 saturated carbocycles. The Bertz CT molecular complexity index is 506. The summed E-state index contributed by atoms with van der Waals surface area (Å²) in [5.41, 5.74) is 0.817. The Morgan fingerprint density at radius 2 is 1.55 bits per heavy atom. The summed E-state index contributed by atoms with van der Waals surface area (Å²) in [7, 11) is 0. The van der Waals surface area contributed by atoms with Crippen LogP contribution in [0.4, 0.5) is 0 Å². The second-order valence-electron chi connectivity index (χ2n) is 4.88. The average molecular weight is 272 g/mol. The summed E-state index contributed by atoms with van der Waals surface area (Å²) >= 11 is 0. The molecule has 3 nitrogen and oxygen atoms in total. The summed E-state index contributed by atoms with van der Waals surface area (Å²) in [6, 6.07) is 16.9. The molecule has 0 fully saturated rings. The maximum Gasteiger partial charge on any atom is 0.119 e. The predicted molar refractivity (Wildman–Crippen MR) is 79.1 cm³/mol. The molecule has 0 aliphatic carbocycles. The minimum atomic E-state index is -0.650. The van der Waals surface area contributed by atoms with Gasteiger partial charge in [-0.15, -0.1) is 0 Å². The van der Waals surface area contributed by atoms with Gasteiger partial charge in [0.2, 0.25) is 0 Å². The molecule has 1 N–H and O–H groups in total. The van der Waals surface area contributed by atoms with E-state index < -0.39 is 6.10 Å². The van der Waals surface area contributed by atoms with Gasteiger partial charge in [0.15, 0.2) is 0 Å². The van der Waals surface area contributed by atoms with Gasteiger partial charge in [0.05, 0.1) is 6.10 Å². The molecule has 0 heterocycles. The fourth-order valence-electron chi connectivity index (χ4n) is 1.83. The summed E-state index contributed by atoms with van der Waals surface area (Å²) < 4.78 is 11.1. The molecular formula is C17H20O3. The van der Waals surface area contributed by atoms with Crippen LogP contribution in [0.5, 0.6) is 11.5 Å². The highest BCUT2D eigenvalue weighted by Gasteiger charge is 2.09. The SMILES string of the molecule is CC(C)Oc1ccc(C(O)COc2ccccc2)cc1. The third-order valence-electron chi connectivity index (χ3n) is 2.79. The highest BCUT2D eigenvalue weighted by Crippen LogP contribution is 2.20. The van der Waals surface area contributed by atoms with Crippen LogP contribution in [0.1, 0.15) is 25.5 Å². The largest absolute Gasteiger partial charge is 0.491 e. The summed E-state index contributed by atoms with van der Waals surface area (Å²) in [5, 5.41) is 10.1. The van der Waals surface area contributed by atoms with Crippen LogP contribution >= 0.6 is 0 Å². The minimum absolute atomic E-state index is 0.146. The van der Waals surface area contributed by atoms with Crippen LogP contribution in [0.25, 0.3) is 0 Å². The topological polar surface area (TPSA) is 38.7 Å². The van der Waals surface area contributed by atoms with Crippen molar-refractivity contribution in [2.45, 2.75) is 26.1 Å². The maximum atomic E-state index is 10.1. The van der Waals surface area contributed by atoms with E-state index in [9.17, 15) is 5.11 Å². The Kier molecular flexibility index (Phi) is 5.02. The second kappa shape index (κ2) is 6.96. The minimum Gasteiger partial charge on any atom is -0.491 e. The molecule has 0 saturated heterocycles. The molecule has 0 amide bonds. The van der Waals surface area contributed by atoms with Gasteiger partial charge >= 0.3 is 0 Å². The van der Waals surface area contributed by atoms with Crippen LogP contribution in [0, 0.1) is 0 Å². The Labute approximate surface area is 119 Å². The fraction of sp³-hybridized carbons (Fsp3) is 0.294. The molecule has 2 aromatic rings. The number of aliphatic hydroxyl groups excluding tert-OH is 1. The van der Waals surface area contributed by atoms with Gasteiger partial charge in [0.25, 0.3) is 0 Å². The summed E-state index contributed by atoms with van der Waals surface area (Å²) in [4.78, 5) is 0. The first kappa shape index (κ1) is 14.4. The van der Waals surface area contributed by atoms with E-state index in [0.717, 1.165) is 17.1 Å². The number of rotatable bonds is 6. The molecule has 2 rings (SSSR count). The maximum absolute atomic E-state index is 10.1. The van der Waals surface area contributed by atoms with E-state index in [1.54, 1.807) is 0 Å². The van der Waals surface area contributed by atoms with Gasteiger partial charge in [-0.3, -0.25) is 0 Å². The smallest absolute Gasteiger partial charge is 0.119 e. The van der Waals surface area contributed by atoms with Crippen molar-refractivity contribution in [1.29, 1.82) is 0 Å². The van der Waals surface area contributed by atoms with Crippen LogP contribution in [0.3, 0.4) is 0 Å². The van der Waals surface area contributed by atoms with Crippen molar-refractivity contribution < 1.29 is 14.6 Å². The number of hydrogen-bond acceptors (Lipinski definition) is 3. The third kappa shape index (κ3) is 4.28. The molecule has 20 heavy (non-hydrogen) atoms. The molecule has 0 spiro atoms. The first-order valence-corrected chi connectivity index (χ1v) is 6.77.